The maximum absolute atomic E-state index is 13.0. The second-order valence-electron chi connectivity index (χ2n) is 10.3. The molecule has 0 spiro atoms. The van der Waals surface area contributed by atoms with Crippen molar-refractivity contribution < 1.29 is 24.0 Å². The predicted molar refractivity (Wildman–Crippen MR) is 145 cm³/mol. The summed E-state index contributed by atoms with van der Waals surface area (Å²) in [6, 6.07) is 14.5. The van der Waals surface area contributed by atoms with Crippen molar-refractivity contribution in [3.63, 3.8) is 0 Å². The van der Waals surface area contributed by atoms with Crippen LogP contribution in [0.4, 0.5) is 11.4 Å². The van der Waals surface area contributed by atoms with E-state index in [1.807, 2.05) is 23.1 Å². The average molecular weight is 532 g/mol. The molecule has 2 aromatic carbocycles. The van der Waals surface area contributed by atoms with Crippen LogP contribution in [0.2, 0.25) is 0 Å². The monoisotopic (exact) mass is 531 g/mol. The van der Waals surface area contributed by atoms with Gasteiger partial charge in [-0.2, -0.15) is 0 Å². The van der Waals surface area contributed by atoms with Gasteiger partial charge < -0.3 is 15.1 Å². The molecule has 2 saturated heterocycles. The first-order valence-electron chi connectivity index (χ1n) is 13.5. The van der Waals surface area contributed by atoms with Crippen molar-refractivity contribution >= 4 is 40.9 Å². The van der Waals surface area contributed by atoms with Gasteiger partial charge in [-0.1, -0.05) is 24.6 Å². The van der Waals surface area contributed by atoms with Crippen LogP contribution in [0.25, 0.3) is 0 Å². The Hall–Kier alpha value is -4.21. The van der Waals surface area contributed by atoms with E-state index in [1.165, 1.54) is 0 Å². The van der Waals surface area contributed by atoms with Gasteiger partial charge in [0.15, 0.2) is 0 Å². The summed E-state index contributed by atoms with van der Waals surface area (Å²) < 4.78 is 0. The number of fused-ring (bicyclic) bond motifs is 1. The molecule has 204 valence electrons. The molecule has 0 saturated carbocycles. The Labute approximate surface area is 227 Å². The molecule has 0 radical (unpaired) electrons. The van der Waals surface area contributed by atoms with Gasteiger partial charge >= 0.3 is 0 Å². The molecule has 2 aromatic rings. The van der Waals surface area contributed by atoms with Crippen LogP contribution in [-0.2, 0) is 14.4 Å². The average Bonchev–Trinajstić information content (AvgIpc) is 3.15. The number of benzene rings is 2. The summed E-state index contributed by atoms with van der Waals surface area (Å²) in [5.74, 6) is -1.85. The molecule has 0 bridgehead atoms. The highest BCUT2D eigenvalue weighted by molar-refractivity contribution is 6.23. The van der Waals surface area contributed by atoms with E-state index in [2.05, 4.69) is 34.7 Å². The fourth-order valence-corrected chi connectivity index (χ4v) is 5.33. The summed E-state index contributed by atoms with van der Waals surface area (Å²) in [6.07, 6.45) is 3.32. The van der Waals surface area contributed by atoms with Gasteiger partial charge in [0, 0.05) is 50.9 Å². The van der Waals surface area contributed by atoms with Crippen molar-refractivity contribution in [3.8, 4) is 0 Å². The smallest absolute Gasteiger partial charge is 0.262 e. The van der Waals surface area contributed by atoms with E-state index in [0.717, 1.165) is 42.9 Å². The molecule has 0 aliphatic carbocycles. The van der Waals surface area contributed by atoms with E-state index >= 15 is 0 Å². The van der Waals surface area contributed by atoms with Crippen molar-refractivity contribution in [2.45, 2.75) is 50.6 Å². The van der Waals surface area contributed by atoms with Gasteiger partial charge in [-0.15, -0.1) is 0 Å². The minimum Gasteiger partial charge on any atom is -0.385 e. The number of nitrogens with zero attached hydrogens (tertiary/aromatic N) is 3. The van der Waals surface area contributed by atoms with E-state index in [4.69, 9.17) is 0 Å². The number of amides is 5. The normalized spacial score (nSPS) is 19.1. The number of para-hydroxylation sites is 1. The van der Waals surface area contributed by atoms with Gasteiger partial charge in [0.1, 0.15) is 6.04 Å². The Morgan fingerprint density at radius 3 is 2.46 bits per heavy atom. The van der Waals surface area contributed by atoms with Gasteiger partial charge in [0.2, 0.25) is 17.7 Å². The summed E-state index contributed by atoms with van der Waals surface area (Å²) in [7, 11) is 2.07. The minimum atomic E-state index is -0.971. The zero-order chi connectivity index (χ0) is 27.5. The second kappa shape index (κ2) is 11.3. The molecule has 1 atom stereocenters. The highest BCUT2D eigenvalue weighted by Gasteiger charge is 2.44. The number of unbranched alkanes of at least 4 members (excludes halogenated alkanes) is 2. The van der Waals surface area contributed by atoms with Gasteiger partial charge in [-0.25, -0.2) is 0 Å². The highest BCUT2D eigenvalue weighted by atomic mass is 16.2. The molecule has 10 nitrogen and oxygen atoms in total. The van der Waals surface area contributed by atoms with Gasteiger partial charge in [0.25, 0.3) is 11.8 Å². The number of rotatable bonds is 10. The zero-order valence-electron chi connectivity index (χ0n) is 22.0. The summed E-state index contributed by atoms with van der Waals surface area (Å²) >= 11 is 0. The standard InChI is InChI=1S/C29H33N5O5/c1-32(20-8-4-2-5-9-20)21-17-33(18-21)26(36)10-6-3-7-15-30-19-11-12-22-23(16-19)29(39)34(28(22)38)24-13-14-25(35)31-27(24)37/h2,4-5,8-9,11-12,16,21,24,30H,3,6-7,10,13-15,17-18H2,1H3,(H,31,35,37). The molecular weight excluding hydrogens is 498 g/mol. The largest absolute Gasteiger partial charge is 0.385 e. The molecule has 1 unspecified atom stereocenters. The molecule has 3 heterocycles. The Balaban J connectivity index is 1.02. The number of nitrogens with one attached hydrogen (secondary N) is 2. The number of carbonyl (C=O) groups is 5. The van der Waals surface area contributed by atoms with Gasteiger partial charge in [0.05, 0.1) is 17.2 Å². The quantitative estimate of drug-likeness (QED) is 0.357. The zero-order valence-corrected chi connectivity index (χ0v) is 22.0. The Morgan fingerprint density at radius 2 is 1.72 bits per heavy atom. The Bertz CT molecular complexity index is 1290. The third-order valence-corrected chi connectivity index (χ3v) is 7.76. The van der Waals surface area contributed by atoms with Crippen molar-refractivity contribution in [1.82, 2.24) is 15.1 Å². The Morgan fingerprint density at radius 1 is 0.974 bits per heavy atom. The summed E-state index contributed by atoms with van der Waals surface area (Å²) in [5, 5.41) is 5.48. The maximum Gasteiger partial charge on any atom is 0.262 e. The van der Waals surface area contributed by atoms with Crippen LogP contribution in [0.5, 0.6) is 0 Å². The number of likely N-dealkylation sites (tertiary alicyclic amines) is 1. The van der Waals surface area contributed by atoms with Crippen molar-refractivity contribution in [2.24, 2.45) is 0 Å². The molecular formula is C29H33N5O5. The van der Waals surface area contributed by atoms with Crippen LogP contribution >= 0.6 is 0 Å². The van der Waals surface area contributed by atoms with E-state index in [1.54, 1.807) is 18.2 Å². The van der Waals surface area contributed by atoms with Crippen molar-refractivity contribution in [2.75, 3.05) is 36.9 Å². The topological polar surface area (TPSA) is 119 Å². The van der Waals surface area contributed by atoms with E-state index < -0.39 is 29.7 Å². The molecule has 0 aromatic heterocycles. The molecule has 5 rings (SSSR count). The van der Waals surface area contributed by atoms with Crippen LogP contribution in [-0.4, -0.2) is 78.1 Å². The van der Waals surface area contributed by atoms with E-state index in [0.29, 0.717) is 24.7 Å². The molecule has 2 N–H and O–H groups in total. The summed E-state index contributed by atoms with van der Waals surface area (Å²) in [4.78, 5) is 67.0. The number of hydrogen-bond donors (Lipinski definition) is 2. The van der Waals surface area contributed by atoms with E-state index in [9.17, 15) is 24.0 Å². The molecule has 3 aliphatic rings. The fourth-order valence-electron chi connectivity index (χ4n) is 5.33. The lowest BCUT2D eigenvalue weighted by Gasteiger charge is -2.45. The Kier molecular flexibility index (Phi) is 7.63. The third kappa shape index (κ3) is 5.50. The van der Waals surface area contributed by atoms with Crippen LogP contribution in [0.1, 0.15) is 59.2 Å². The van der Waals surface area contributed by atoms with Gasteiger partial charge in [-0.3, -0.25) is 34.2 Å². The van der Waals surface area contributed by atoms with Crippen molar-refractivity contribution in [3.05, 3.63) is 59.7 Å². The highest BCUT2D eigenvalue weighted by Crippen LogP contribution is 2.29. The number of hydrogen-bond acceptors (Lipinski definition) is 7. The lowest BCUT2D eigenvalue weighted by Crippen LogP contribution is -2.60. The summed E-state index contributed by atoms with van der Waals surface area (Å²) in [6.45, 7) is 2.18. The third-order valence-electron chi connectivity index (χ3n) is 7.76. The molecule has 10 heteroatoms. The SMILES string of the molecule is CN(c1ccccc1)C1CN(C(=O)CCCCCNc2ccc3c(c2)C(=O)N(C2CCC(=O)NC2=O)C3=O)C1. The first-order chi connectivity index (χ1) is 18.8. The summed E-state index contributed by atoms with van der Waals surface area (Å²) in [5.41, 5.74) is 2.39. The predicted octanol–water partition coefficient (Wildman–Crippen LogP) is 2.41. The number of piperidine rings is 1. The van der Waals surface area contributed by atoms with Crippen LogP contribution < -0.4 is 15.5 Å². The van der Waals surface area contributed by atoms with Crippen molar-refractivity contribution in [1.29, 1.82) is 0 Å². The van der Waals surface area contributed by atoms with Gasteiger partial charge in [-0.05, 0) is 49.6 Å². The number of anilines is 2. The lowest BCUT2D eigenvalue weighted by molar-refractivity contribution is -0.137. The minimum absolute atomic E-state index is 0.0896. The number of imide groups is 2. The number of likely N-dealkylation sites (N-methyl/N-ethyl adjacent to an activating group) is 1. The van der Waals surface area contributed by atoms with Crippen LogP contribution in [0.15, 0.2) is 48.5 Å². The van der Waals surface area contributed by atoms with Crippen LogP contribution in [0.3, 0.4) is 0 Å². The second-order valence-corrected chi connectivity index (χ2v) is 10.3. The fraction of sp³-hybridized carbons (Fsp3) is 0.414. The number of carbonyl (C=O) groups excluding carboxylic acids is 5. The molecule has 3 aliphatic heterocycles. The van der Waals surface area contributed by atoms with Crippen LogP contribution in [0, 0.1) is 0 Å². The maximum atomic E-state index is 13.0. The first-order valence-corrected chi connectivity index (χ1v) is 13.5. The molecule has 39 heavy (non-hydrogen) atoms. The van der Waals surface area contributed by atoms with E-state index in [-0.39, 0.29) is 29.9 Å². The molecule has 2 fully saturated rings. The first kappa shape index (κ1) is 26.4. The lowest BCUT2D eigenvalue weighted by atomic mass is 10.0. The molecule has 5 amide bonds.